The molecule has 0 aromatic heterocycles. The lowest BCUT2D eigenvalue weighted by atomic mass is 10.0. The Kier molecular flexibility index (Phi) is 5.44. The van der Waals surface area contributed by atoms with Crippen LogP contribution in [0.4, 0.5) is 0 Å². The van der Waals surface area contributed by atoms with Gasteiger partial charge in [-0.25, -0.2) is 0 Å². The number of nitrogens with zero attached hydrogens (tertiary/aromatic N) is 1. The van der Waals surface area contributed by atoms with Crippen LogP contribution in [-0.2, 0) is 11.2 Å². The molecule has 0 saturated carbocycles. The molecule has 5 nitrogen and oxygen atoms in total. The van der Waals surface area contributed by atoms with Crippen molar-refractivity contribution in [2.24, 2.45) is 0 Å². The van der Waals surface area contributed by atoms with E-state index in [1.54, 1.807) is 20.3 Å². The van der Waals surface area contributed by atoms with E-state index in [9.17, 15) is 9.90 Å². The predicted molar refractivity (Wildman–Crippen MR) is 80.1 cm³/mol. The molecule has 1 aliphatic heterocycles. The first-order valence-electron chi connectivity index (χ1n) is 7.33. The van der Waals surface area contributed by atoms with Gasteiger partial charge in [0.2, 0.25) is 0 Å². The van der Waals surface area contributed by atoms with E-state index in [0.29, 0.717) is 17.9 Å². The van der Waals surface area contributed by atoms with Gasteiger partial charge in [0.25, 0.3) is 0 Å². The van der Waals surface area contributed by atoms with Crippen LogP contribution < -0.4 is 9.47 Å². The summed E-state index contributed by atoms with van der Waals surface area (Å²) < 4.78 is 10.5. The van der Waals surface area contributed by atoms with E-state index in [1.165, 1.54) is 6.42 Å². The highest BCUT2D eigenvalue weighted by molar-refractivity contribution is 5.74. The molecule has 21 heavy (non-hydrogen) atoms. The van der Waals surface area contributed by atoms with E-state index >= 15 is 0 Å². The summed E-state index contributed by atoms with van der Waals surface area (Å²) in [6.45, 7) is 1.71. The van der Waals surface area contributed by atoms with Crippen molar-refractivity contribution < 1.29 is 19.4 Å². The molecule has 1 aromatic carbocycles. The summed E-state index contributed by atoms with van der Waals surface area (Å²) in [6.07, 6.45) is 3.78. The van der Waals surface area contributed by atoms with Crippen LogP contribution in [0.5, 0.6) is 11.5 Å². The average Bonchev–Trinajstić information content (AvgIpc) is 2.53. The highest BCUT2D eigenvalue weighted by Crippen LogP contribution is 2.27. The molecule has 0 aliphatic carbocycles. The fourth-order valence-corrected chi connectivity index (χ4v) is 2.83. The fourth-order valence-electron chi connectivity index (χ4n) is 2.83. The zero-order chi connectivity index (χ0) is 15.2. The molecule has 1 fully saturated rings. The van der Waals surface area contributed by atoms with Crippen LogP contribution in [-0.4, -0.2) is 49.3 Å². The van der Waals surface area contributed by atoms with E-state index in [2.05, 4.69) is 4.90 Å². The number of carboxylic acids is 1. The van der Waals surface area contributed by atoms with Crippen molar-refractivity contribution in [3.05, 3.63) is 23.8 Å². The molecule has 0 bridgehead atoms. The van der Waals surface area contributed by atoms with E-state index in [-0.39, 0.29) is 0 Å². The zero-order valence-electron chi connectivity index (χ0n) is 12.7. The third-order valence-corrected chi connectivity index (χ3v) is 4.02. The molecule has 0 spiro atoms. The summed E-state index contributed by atoms with van der Waals surface area (Å²) in [5.74, 6) is 0.618. The monoisotopic (exact) mass is 293 g/mol. The molecule has 1 N–H and O–H groups in total. The molecule has 1 unspecified atom stereocenters. The number of hydrogen-bond acceptors (Lipinski definition) is 4. The number of hydrogen-bond donors (Lipinski definition) is 1. The highest BCUT2D eigenvalue weighted by Gasteiger charge is 2.28. The van der Waals surface area contributed by atoms with Crippen molar-refractivity contribution in [1.29, 1.82) is 0 Å². The van der Waals surface area contributed by atoms with Crippen LogP contribution in [0.3, 0.4) is 0 Å². The van der Waals surface area contributed by atoms with E-state index in [4.69, 9.17) is 9.47 Å². The third kappa shape index (κ3) is 3.88. The van der Waals surface area contributed by atoms with Gasteiger partial charge in [-0.3, -0.25) is 9.69 Å². The number of carboxylic acid groups (broad SMARTS) is 1. The molecule has 1 saturated heterocycles. The summed E-state index contributed by atoms with van der Waals surface area (Å²) in [4.78, 5) is 13.7. The van der Waals surface area contributed by atoms with Crippen molar-refractivity contribution in [3.8, 4) is 11.5 Å². The largest absolute Gasteiger partial charge is 0.497 e. The maximum absolute atomic E-state index is 11.6. The first-order valence-corrected chi connectivity index (χ1v) is 7.33. The quantitative estimate of drug-likeness (QED) is 0.871. The van der Waals surface area contributed by atoms with E-state index < -0.39 is 12.0 Å². The van der Waals surface area contributed by atoms with Gasteiger partial charge in [-0.2, -0.15) is 0 Å². The Hall–Kier alpha value is -1.75. The molecular weight excluding hydrogens is 270 g/mol. The molecule has 0 radical (unpaired) electrons. The minimum atomic E-state index is -0.769. The molecule has 1 heterocycles. The van der Waals surface area contributed by atoms with Gasteiger partial charge in [-0.1, -0.05) is 12.5 Å². The minimum Gasteiger partial charge on any atom is -0.497 e. The number of piperidine rings is 1. The molecule has 1 atom stereocenters. The second-order valence-electron chi connectivity index (χ2n) is 5.33. The number of ether oxygens (including phenoxy) is 2. The summed E-state index contributed by atoms with van der Waals surface area (Å²) >= 11 is 0. The number of rotatable bonds is 6. The van der Waals surface area contributed by atoms with Crippen LogP contribution in [0, 0.1) is 0 Å². The van der Waals surface area contributed by atoms with Crippen molar-refractivity contribution >= 4 is 5.97 Å². The second kappa shape index (κ2) is 7.31. The van der Waals surface area contributed by atoms with E-state index in [0.717, 1.165) is 31.5 Å². The smallest absolute Gasteiger partial charge is 0.321 e. The second-order valence-corrected chi connectivity index (χ2v) is 5.33. The SMILES string of the molecule is COc1ccc(CC(C(=O)O)N2CCCCC2)c(OC)c1. The number of benzene rings is 1. The lowest BCUT2D eigenvalue weighted by Crippen LogP contribution is -2.45. The molecular formula is C16H23NO4. The van der Waals surface area contributed by atoms with Crippen LogP contribution in [0.15, 0.2) is 18.2 Å². The van der Waals surface area contributed by atoms with Gasteiger partial charge < -0.3 is 14.6 Å². The third-order valence-electron chi connectivity index (χ3n) is 4.02. The maximum Gasteiger partial charge on any atom is 0.321 e. The van der Waals surface area contributed by atoms with Crippen molar-refractivity contribution in [2.45, 2.75) is 31.7 Å². The molecule has 116 valence electrons. The first kappa shape index (κ1) is 15.6. The van der Waals surface area contributed by atoms with Gasteiger partial charge in [0.1, 0.15) is 17.5 Å². The Morgan fingerprint density at radius 1 is 1.24 bits per heavy atom. The topological polar surface area (TPSA) is 59.0 Å². The Morgan fingerprint density at radius 3 is 2.52 bits per heavy atom. The van der Waals surface area contributed by atoms with Crippen LogP contribution >= 0.6 is 0 Å². The Balaban J connectivity index is 2.18. The normalized spacial score (nSPS) is 17.2. The van der Waals surface area contributed by atoms with Crippen LogP contribution in [0.2, 0.25) is 0 Å². The first-order chi connectivity index (χ1) is 10.2. The lowest BCUT2D eigenvalue weighted by Gasteiger charge is -2.32. The minimum absolute atomic E-state index is 0.447. The Bertz CT molecular complexity index is 483. The van der Waals surface area contributed by atoms with Crippen molar-refractivity contribution in [1.82, 2.24) is 4.90 Å². The average molecular weight is 293 g/mol. The predicted octanol–water partition coefficient (Wildman–Crippen LogP) is 2.19. The molecule has 5 heteroatoms. The summed E-state index contributed by atoms with van der Waals surface area (Å²) in [5.41, 5.74) is 0.899. The Morgan fingerprint density at radius 2 is 1.95 bits per heavy atom. The fraction of sp³-hybridized carbons (Fsp3) is 0.562. The van der Waals surface area contributed by atoms with Gasteiger partial charge >= 0.3 is 5.97 Å². The number of likely N-dealkylation sites (tertiary alicyclic amines) is 1. The Labute approximate surface area is 125 Å². The molecule has 0 amide bonds. The lowest BCUT2D eigenvalue weighted by molar-refractivity contribution is -0.143. The zero-order valence-corrected chi connectivity index (χ0v) is 12.7. The summed E-state index contributed by atoms with van der Waals surface area (Å²) in [7, 11) is 3.19. The van der Waals surface area contributed by atoms with Crippen molar-refractivity contribution in [2.75, 3.05) is 27.3 Å². The van der Waals surface area contributed by atoms with Crippen molar-refractivity contribution in [3.63, 3.8) is 0 Å². The maximum atomic E-state index is 11.6. The van der Waals surface area contributed by atoms with Gasteiger partial charge in [-0.15, -0.1) is 0 Å². The highest BCUT2D eigenvalue weighted by atomic mass is 16.5. The van der Waals surface area contributed by atoms with Crippen LogP contribution in [0.25, 0.3) is 0 Å². The molecule has 1 aliphatic rings. The van der Waals surface area contributed by atoms with E-state index in [1.807, 2.05) is 12.1 Å². The van der Waals surface area contributed by atoms with Gasteiger partial charge in [-0.05, 0) is 37.6 Å². The van der Waals surface area contributed by atoms with Gasteiger partial charge in [0.05, 0.1) is 14.2 Å². The standard InChI is InChI=1S/C16H23NO4/c1-20-13-7-6-12(15(11-13)21-2)10-14(16(18)19)17-8-4-3-5-9-17/h6-7,11,14H,3-5,8-10H2,1-2H3,(H,18,19). The number of aliphatic carboxylic acids is 1. The number of methoxy groups -OCH3 is 2. The molecule has 2 rings (SSSR count). The van der Waals surface area contributed by atoms with Crippen LogP contribution in [0.1, 0.15) is 24.8 Å². The molecule has 1 aromatic rings. The summed E-state index contributed by atoms with van der Waals surface area (Å²) in [5, 5.41) is 9.54. The number of carbonyl (C=O) groups is 1. The van der Waals surface area contributed by atoms with Gasteiger partial charge in [0.15, 0.2) is 0 Å². The summed E-state index contributed by atoms with van der Waals surface area (Å²) in [6, 6.07) is 5.03. The van der Waals surface area contributed by atoms with Gasteiger partial charge in [0, 0.05) is 12.5 Å².